The summed E-state index contributed by atoms with van der Waals surface area (Å²) in [7, 11) is 0. The van der Waals surface area contributed by atoms with Gasteiger partial charge in [0.05, 0.1) is 13.2 Å². The van der Waals surface area contributed by atoms with Crippen molar-refractivity contribution in [3.8, 4) is 0 Å². The van der Waals surface area contributed by atoms with Crippen LogP contribution < -0.4 is 10.2 Å². The molecule has 2 heterocycles. The number of nitrogens with zero attached hydrogens (tertiary/aromatic N) is 3. The van der Waals surface area contributed by atoms with Crippen molar-refractivity contribution in [3.63, 3.8) is 0 Å². The smallest absolute Gasteiger partial charge is 0.341 e. The van der Waals surface area contributed by atoms with E-state index in [1.807, 2.05) is 0 Å². The zero-order chi connectivity index (χ0) is 17.3. The molecule has 0 saturated carbocycles. The molecule has 2 amide bonds. The molecule has 1 N–H and O–H groups in total. The molecule has 0 aromatic heterocycles. The molecule has 0 aliphatic carbocycles. The number of hydrogen-bond donors (Lipinski definition) is 1. The third-order valence-electron chi connectivity index (χ3n) is 4.90. The van der Waals surface area contributed by atoms with Gasteiger partial charge in [-0.2, -0.15) is 0 Å². The van der Waals surface area contributed by atoms with E-state index >= 15 is 0 Å². The molecule has 0 spiro atoms. The van der Waals surface area contributed by atoms with Crippen LogP contribution in [0, 0.1) is 0 Å². The summed E-state index contributed by atoms with van der Waals surface area (Å²) in [5.74, 6) is 0. The van der Waals surface area contributed by atoms with E-state index in [0.29, 0.717) is 13.2 Å². The Balaban J connectivity index is 1.25. The van der Waals surface area contributed by atoms with Crippen LogP contribution in [0.5, 0.6) is 0 Å². The van der Waals surface area contributed by atoms with E-state index < -0.39 is 0 Å². The van der Waals surface area contributed by atoms with Gasteiger partial charge in [0, 0.05) is 38.4 Å². The number of benzene rings is 1. The fourth-order valence-corrected chi connectivity index (χ4v) is 3.37. The van der Waals surface area contributed by atoms with E-state index in [9.17, 15) is 4.79 Å². The minimum absolute atomic E-state index is 0.0869. The molecule has 1 aromatic carbocycles. The second kappa shape index (κ2) is 9.63. The van der Waals surface area contributed by atoms with Crippen molar-refractivity contribution in [2.45, 2.75) is 25.7 Å². The van der Waals surface area contributed by atoms with Crippen molar-refractivity contribution in [2.24, 2.45) is 0 Å². The number of hydrogen-bond acceptors (Lipinski definition) is 4. The Bertz CT molecular complexity index is 511. The molecule has 0 bridgehead atoms. The van der Waals surface area contributed by atoms with Gasteiger partial charge in [0.15, 0.2) is 0 Å². The first-order valence-electron chi connectivity index (χ1n) is 9.53. The van der Waals surface area contributed by atoms with E-state index in [1.165, 1.54) is 10.8 Å². The fraction of sp³-hybridized carbons (Fsp3) is 0.632. The second-order valence-corrected chi connectivity index (χ2v) is 6.75. The van der Waals surface area contributed by atoms with Crippen molar-refractivity contribution in [1.29, 1.82) is 0 Å². The van der Waals surface area contributed by atoms with Gasteiger partial charge in [-0.25, -0.2) is 9.86 Å². The van der Waals surface area contributed by atoms with Crippen molar-refractivity contribution in [3.05, 3.63) is 30.3 Å². The lowest BCUT2D eigenvalue weighted by molar-refractivity contribution is -0.139. The van der Waals surface area contributed by atoms with Gasteiger partial charge < -0.3 is 10.2 Å². The Labute approximate surface area is 150 Å². The number of unbranched alkanes of at least 4 members (excludes halogenated alkanes) is 1. The van der Waals surface area contributed by atoms with Gasteiger partial charge in [0.2, 0.25) is 0 Å². The van der Waals surface area contributed by atoms with Gasteiger partial charge >= 0.3 is 6.03 Å². The van der Waals surface area contributed by atoms with Crippen LogP contribution in [0.25, 0.3) is 0 Å². The first-order chi connectivity index (χ1) is 12.3. The highest BCUT2D eigenvalue weighted by molar-refractivity contribution is 5.72. The van der Waals surface area contributed by atoms with Crippen LogP contribution in [0.4, 0.5) is 10.5 Å². The van der Waals surface area contributed by atoms with E-state index in [0.717, 1.165) is 65.0 Å². The Morgan fingerprint density at radius 3 is 2.52 bits per heavy atom. The summed E-state index contributed by atoms with van der Waals surface area (Å²) in [6.07, 6.45) is 4.20. The molecule has 2 aliphatic rings. The summed E-state index contributed by atoms with van der Waals surface area (Å²) >= 11 is 0. The Morgan fingerprint density at radius 2 is 1.80 bits per heavy atom. The monoisotopic (exact) mass is 346 g/mol. The Morgan fingerprint density at radius 1 is 1.00 bits per heavy atom. The van der Waals surface area contributed by atoms with Crippen LogP contribution in [0.15, 0.2) is 30.3 Å². The molecule has 0 radical (unpaired) electrons. The predicted molar refractivity (Wildman–Crippen MR) is 99.6 cm³/mol. The number of urea groups is 1. The zero-order valence-corrected chi connectivity index (χ0v) is 15.0. The molecule has 6 nitrogen and oxygen atoms in total. The van der Waals surface area contributed by atoms with Crippen LogP contribution >= 0.6 is 0 Å². The highest BCUT2D eigenvalue weighted by Gasteiger charge is 2.18. The van der Waals surface area contributed by atoms with Gasteiger partial charge in [-0.15, -0.1) is 0 Å². The molecule has 3 rings (SSSR count). The molecule has 2 fully saturated rings. The Hall–Kier alpha value is -1.79. The summed E-state index contributed by atoms with van der Waals surface area (Å²) in [5.41, 5.74) is 1.32. The molecule has 2 saturated heterocycles. The van der Waals surface area contributed by atoms with Gasteiger partial charge in [-0.1, -0.05) is 18.2 Å². The summed E-state index contributed by atoms with van der Waals surface area (Å²) in [6, 6.07) is 10.6. The highest BCUT2D eigenvalue weighted by Crippen LogP contribution is 2.15. The minimum atomic E-state index is -0.0869. The molecular formula is C19H30N4O2. The minimum Gasteiger partial charge on any atom is -0.369 e. The summed E-state index contributed by atoms with van der Waals surface area (Å²) in [4.78, 5) is 22.2. The topological polar surface area (TPSA) is 48.1 Å². The SMILES string of the molecule is O=C(NCCCCN1CCN(c2ccccc2)CC1)N1CCCCO1. The zero-order valence-electron chi connectivity index (χ0n) is 15.0. The maximum atomic E-state index is 11.9. The maximum Gasteiger partial charge on any atom is 0.341 e. The van der Waals surface area contributed by atoms with E-state index in [-0.39, 0.29) is 6.03 Å². The quantitative estimate of drug-likeness (QED) is 0.803. The lowest BCUT2D eigenvalue weighted by Crippen LogP contribution is -2.46. The van der Waals surface area contributed by atoms with Crippen LogP contribution in [0.2, 0.25) is 0 Å². The average molecular weight is 346 g/mol. The largest absolute Gasteiger partial charge is 0.369 e. The summed E-state index contributed by atoms with van der Waals surface area (Å²) in [6.45, 7) is 7.60. The third-order valence-corrected chi connectivity index (χ3v) is 4.90. The van der Waals surface area contributed by atoms with Crippen LogP contribution in [0.3, 0.4) is 0 Å². The second-order valence-electron chi connectivity index (χ2n) is 6.75. The number of carbonyl (C=O) groups excluding carboxylic acids is 1. The van der Waals surface area contributed by atoms with E-state index in [4.69, 9.17) is 4.84 Å². The number of piperazine rings is 1. The standard InChI is InChI=1S/C19H30N4O2/c24-19(23-12-6-7-17-25-23)20-10-4-5-11-21-13-15-22(16-14-21)18-8-2-1-3-9-18/h1-3,8-9H,4-7,10-17H2,(H,20,24). The van der Waals surface area contributed by atoms with Crippen LogP contribution in [-0.4, -0.2) is 68.4 Å². The fourth-order valence-electron chi connectivity index (χ4n) is 3.37. The first kappa shape index (κ1) is 18.0. The van der Waals surface area contributed by atoms with Crippen molar-refractivity contribution in [1.82, 2.24) is 15.3 Å². The van der Waals surface area contributed by atoms with Crippen molar-refractivity contribution >= 4 is 11.7 Å². The number of carbonyl (C=O) groups is 1. The summed E-state index contributed by atoms with van der Waals surface area (Å²) < 4.78 is 0. The van der Waals surface area contributed by atoms with Gasteiger partial charge in [-0.05, 0) is 44.4 Å². The van der Waals surface area contributed by atoms with Gasteiger partial charge in [0.25, 0.3) is 0 Å². The van der Waals surface area contributed by atoms with Crippen LogP contribution in [0.1, 0.15) is 25.7 Å². The number of hydroxylamine groups is 2. The molecule has 6 heteroatoms. The predicted octanol–water partition coefficient (Wildman–Crippen LogP) is 2.33. The van der Waals surface area contributed by atoms with Gasteiger partial charge in [0.1, 0.15) is 0 Å². The number of nitrogens with one attached hydrogen (secondary N) is 1. The van der Waals surface area contributed by atoms with Crippen LogP contribution in [-0.2, 0) is 4.84 Å². The maximum absolute atomic E-state index is 11.9. The lowest BCUT2D eigenvalue weighted by Gasteiger charge is -2.36. The summed E-state index contributed by atoms with van der Waals surface area (Å²) in [5, 5.41) is 4.42. The lowest BCUT2D eigenvalue weighted by atomic mass is 10.2. The average Bonchev–Trinajstić information content (AvgIpc) is 2.69. The van der Waals surface area contributed by atoms with E-state index in [1.54, 1.807) is 0 Å². The molecule has 138 valence electrons. The third kappa shape index (κ3) is 5.61. The first-order valence-corrected chi connectivity index (χ1v) is 9.53. The van der Waals surface area contributed by atoms with Crippen molar-refractivity contribution in [2.75, 3.05) is 57.3 Å². The molecule has 25 heavy (non-hydrogen) atoms. The number of rotatable bonds is 6. The highest BCUT2D eigenvalue weighted by atomic mass is 16.7. The molecule has 2 aliphatic heterocycles. The Kier molecular flexibility index (Phi) is 6.94. The number of anilines is 1. The molecule has 0 unspecified atom stereocenters. The number of amides is 2. The van der Waals surface area contributed by atoms with Crippen molar-refractivity contribution < 1.29 is 9.63 Å². The molecular weight excluding hydrogens is 316 g/mol. The van der Waals surface area contributed by atoms with Gasteiger partial charge in [-0.3, -0.25) is 9.74 Å². The number of para-hydroxylation sites is 1. The van der Waals surface area contributed by atoms with E-state index in [2.05, 4.69) is 45.4 Å². The molecule has 1 aromatic rings. The molecule has 0 atom stereocenters. The normalized spacial score (nSPS) is 19.0.